The van der Waals surface area contributed by atoms with Gasteiger partial charge in [0.2, 0.25) is 0 Å². The average molecular weight is 364 g/mol. The molecule has 1 aromatic heterocycles. The maximum atomic E-state index is 9.56. The van der Waals surface area contributed by atoms with Gasteiger partial charge in [-0.2, -0.15) is 0 Å². The zero-order chi connectivity index (χ0) is 17.1. The van der Waals surface area contributed by atoms with Gasteiger partial charge in [-0.3, -0.25) is 0 Å². The lowest BCUT2D eigenvalue weighted by Crippen LogP contribution is -1.86. The van der Waals surface area contributed by atoms with Gasteiger partial charge in [-0.05, 0) is 42.0 Å². The Bertz CT molecular complexity index is 909. The van der Waals surface area contributed by atoms with Gasteiger partial charge in [-0.1, -0.05) is 28.3 Å². The zero-order valence-corrected chi connectivity index (χ0v) is 13.9. The number of hydrogen-bond acceptors (Lipinski definition) is 6. The summed E-state index contributed by atoms with van der Waals surface area (Å²) in [7, 11) is 1.47. The summed E-state index contributed by atoms with van der Waals surface area (Å²) in [5.74, 6) is 0.636. The van der Waals surface area contributed by atoms with Crippen LogP contribution in [-0.4, -0.2) is 28.6 Å². The molecule has 6 nitrogen and oxygen atoms in total. The highest BCUT2D eigenvalue weighted by molar-refractivity contribution is 6.36. The Morgan fingerprint density at radius 3 is 2.75 bits per heavy atom. The molecule has 1 N–H and O–H groups in total. The molecule has 0 atom stereocenters. The lowest BCUT2D eigenvalue weighted by atomic mass is 10.2. The van der Waals surface area contributed by atoms with Gasteiger partial charge in [0.05, 0.1) is 17.7 Å². The third-order valence-corrected chi connectivity index (χ3v) is 3.65. The van der Waals surface area contributed by atoms with Crippen molar-refractivity contribution >= 4 is 35.4 Å². The highest BCUT2D eigenvalue weighted by atomic mass is 35.5. The van der Waals surface area contributed by atoms with E-state index in [1.165, 1.54) is 19.4 Å². The van der Waals surface area contributed by atoms with E-state index < -0.39 is 0 Å². The number of hydrogen-bond donors (Lipinski definition) is 1. The molecular formula is C16H11Cl2N3O3. The maximum absolute atomic E-state index is 9.56. The van der Waals surface area contributed by atoms with Gasteiger partial charge in [0, 0.05) is 11.2 Å². The Balaban J connectivity index is 1.83. The van der Waals surface area contributed by atoms with Crippen LogP contribution in [0.2, 0.25) is 10.0 Å². The van der Waals surface area contributed by atoms with E-state index in [0.29, 0.717) is 26.9 Å². The molecule has 0 amide bonds. The molecular weight excluding hydrogens is 353 g/mol. The van der Waals surface area contributed by atoms with Crippen molar-refractivity contribution in [2.75, 3.05) is 7.11 Å². The van der Waals surface area contributed by atoms with E-state index in [9.17, 15) is 5.11 Å². The van der Waals surface area contributed by atoms with Crippen molar-refractivity contribution in [3.63, 3.8) is 0 Å². The SMILES string of the molecule is COc1cc(/C=N/c2nnc(-c3ccc(Cl)cc3Cl)o2)ccc1O. The highest BCUT2D eigenvalue weighted by Gasteiger charge is 2.11. The second-order valence-corrected chi connectivity index (χ2v) is 5.55. The molecule has 8 heteroatoms. The molecule has 0 fully saturated rings. The van der Waals surface area contributed by atoms with Gasteiger partial charge in [0.25, 0.3) is 5.89 Å². The number of benzene rings is 2. The minimum absolute atomic E-state index is 0.0482. The van der Waals surface area contributed by atoms with E-state index in [-0.39, 0.29) is 17.7 Å². The quantitative estimate of drug-likeness (QED) is 0.689. The Morgan fingerprint density at radius 1 is 1.17 bits per heavy atom. The number of aliphatic imine (C=N–C) groups is 1. The minimum atomic E-state index is 0.0482. The first-order valence-corrected chi connectivity index (χ1v) is 7.52. The largest absolute Gasteiger partial charge is 0.504 e. The van der Waals surface area contributed by atoms with Crippen LogP contribution >= 0.6 is 23.2 Å². The number of aromatic hydroxyl groups is 1. The van der Waals surface area contributed by atoms with Crippen molar-refractivity contribution in [1.82, 2.24) is 10.2 Å². The van der Waals surface area contributed by atoms with E-state index in [2.05, 4.69) is 15.2 Å². The Hall–Kier alpha value is -2.57. The molecule has 3 rings (SSSR count). The molecule has 0 spiro atoms. The van der Waals surface area contributed by atoms with E-state index >= 15 is 0 Å². The first-order chi connectivity index (χ1) is 11.6. The first kappa shape index (κ1) is 16.3. The molecule has 2 aromatic carbocycles. The number of ether oxygens (including phenoxy) is 1. The van der Waals surface area contributed by atoms with Gasteiger partial charge in [-0.25, -0.2) is 4.99 Å². The minimum Gasteiger partial charge on any atom is -0.504 e. The van der Waals surface area contributed by atoms with Crippen LogP contribution in [0.5, 0.6) is 11.5 Å². The second-order valence-electron chi connectivity index (χ2n) is 4.70. The summed E-state index contributed by atoms with van der Waals surface area (Å²) >= 11 is 12.0. The zero-order valence-electron chi connectivity index (χ0n) is 12.4. The van der Waals surface area contributed by atoms with E-state index in [1.807, 2.05) is 0 Å². The predicted octanol–water partition coefficient (Wildman–Crippen LogP) is 4.51. The molecule has 122 valence electrons. The van der Waals surface area contributed by atoms with Crippen molar-refractivity contribution in [2.24, 2.45) is 4.99 Å². The summed E-state index contributed by atoms with van der Waals surface area (Å²) in [5.41, 5.74) is 1.27. The topological polar surface area (TPSA) is 80.7 Å². The first-order valence-electron chi connectivity index (χ1n) is 6.77. The summed E-state index contributed by atoms with van der Waals surface area (Å²) in [4.78, 5) is 4.10. The van der Waals surface area contributed by atoms with Gasteiger partial charge >= 0.3 is 6.01 Å². The lowest BCUT2D eigenvalue weighted by Gasteiger charge is -2.02. The molecule has 0 saturated heterocycles. The number of nitrogens with zero attached hydrogens (tertiary/aromatic N) is 3. The lowest BCUT2D eigenvalue weighted by molar-refractivity contribution is 0.373. The van der Waals surface area contributed by atoms with Crippen LogP contribution in [0.25, 0.3) is 11.5 Å². The molecule has 0 radical (unpaired) electrons. The monoisotopic (exact) mass is 363 g/mol. The fraction of sp³-hybridized carbons (Fsp3) is 0.0625. The Kier molecular flexibility index (Phi) is 4.69. The molecule has 0 unspecified atom stereocenters. The third kappa shape index (κ3) is 3.50. The summed E-state index contributed by atoms with van der Waals surface area (Å²) in [6, 6.07) is 9.85. The van der Waals surface area contributed by atoms with Crippen LogP contribution in [0.15, 0.2) is 45.8 Å². The van der Waals surface area contributed by atoms with Crippen molar-refractivity contribution < 1.29 is 14.3 Å². The van der Waals surface area contributed by atoms with Crippen LogP contribution in [0, 0.1) is 0 Å². The van der Waals surface area contributed by atoms with Crippen LogP contribution in [0.1, 0.15) is 5.56 Å². The van der Waals surface area contributed by atoms with Gasteiger partial charge in [0.1, 0.15) is 0 Å². The molecule has 0 saturated carbocycles. The molecule has 0 aliphatic heterocycles. The second kappa shape index (κ2) is 6.90. The molecule has 3 aromatic rings. The van der Waals surface area contributed by atoms with Crippen molar-refractivity contribution in [3.05, 3.63) is 52.0 Å². The predicted molar refractivity (Wildman–Crippen MR) is 91.7 cm³/mol. The van der Waals surface area contributed by atoms with Crippen molar-refractivity contribution in [3.8, 4) is 23.0 Å². The van der Waals surface area contributed by atoms with Crippen molar-refractivity contribution in [2.45, 2.75) is 0 Å². The summed E-state index contributed by atoms with van der Waals surface area (Å²) in [6.45, 7) is 0. The number of halogens is 2. The molecule has 0 bridgehead atoms. The third-order valence-electron chi connectivity index (χ3n) is 3.10. The number of aromatic nitrogens is 2. The van der Waals surface area contributed by atoms with E-state index in [0.717, 1.165) is 0 Å². The van der Waals surface area contributed by atoms with Gasteiger partial charge in [-0.15, -0.1) is 5.10 Å². The van der Waals surface area contributed by atoms with Crippen LogP contribution in [0.3, 0.4) is 0 Å². The smallest absolute Gasteiger partial charge is 0.342 e. The number of phenols is 1. The Morgan fingerprint density at radius 2 is 2.00 bits per heavy atom. The molecule has 1 heterocycles. The normalized spacial score (nSPS) is 11.1. The van der Waals surface area contributed by atoms with E-state index in [4.69, 9.17) is 32.4 Å². The fourth-order valence-corrected chi connectivity index (χ4v) is 2.43. The van der Waals surface area contributed by atoms with Gasteiger partial charge in [0.15, 0.2) is 11.5 Å². The highest BCUT2D eigenvalue weighted by Crippen LogP contribution is 2.30. The summed E-state index contributed by atoms with van der Waals surface area (Å²) in [5, 5.41) is 18.2. The fourth-order valence-electron chi connectivity index (χ4n) is 1.94. The van der Waals surface area contributed by atoms with Crippen LogP contribution in [0.4, 0.5) is 6.01 Å². The molecule has 0 aliphatic rings. The number of rotatable bonds is 4. The summed E-state index contributed by atoms with van der Waals surface area (Å²) < 4.78 is 10.5. The maximum Gasteiger partial charge on any atom is 0.342 e. The van der Waals surface area contributed by atoms with Crippen molar-refractivity contribution in [1.29, 1.82) is 0 Å². The standard InChI is InChI=1S/C16H11Cl2N3O3/c1-23-14-6-9(2-5-13(14)22)8-19-16-21-20-15(24-16)11-4-3-10(17)7-12(11)18/h2-8,22H,1H3/b19-8+. The molecule has 24 heavy (non-hydrogen) atoms. The molecule has 0 aliphatic carbocycles. The number of phenolic OH excluding ortho intramolecular Hbond substituents is 1. The summed E-state index contributed by atoms with van der Waals surface area (Å²) in [6.07, 6.45) is 1.52. The van der Waals surface area contributed by atoms with Crippen LogP contribution < -0.4 is 4.74 Å². The Labute approximate surface area is 147 Å². The van der Waals surface area contributed by atoms with Crippen LogP contribution in [-0.2, 0) is 0 Å². The van der Waals surface area contributed by atoms with E-state index in [1.54, 1.807) is 30.3 Å². The average Bonchev–Trinajstić information content (AvgIpc) is 3.02. The van der Waals surface area contributed by atoms with Gasteiger partial charge < -0.3 is 14.3 Å². The number of methoxy groups -OCH3 is 1.